The smallest absolute Gasteiger partial charge is 0.220 e. The van der Waals surface area contributed by atoms with Gasteiger partial charge in [0.2, 0.25) is 11.8 Å². The molecule has 0 saturated heterocycles. The number of benzene rings is 1. The van der Waals surface area contributed by atoms with Crippen molar-refractivity contribution in [2.75, 3.05) is 36.8 Å². The van der Waals surface area contributed by atoms with E-state index in [-0.39, 0.29) is 30.4 Å². The van der Waals surface area contributed by atoms with E-state index in [1.807, 2.05) is 19.1 Å². The van der Waals surface area contributed by atoms with E-state index in [0.717, 1.165) is 11.1 Å². The highest BCUT2D eigenvalue weighted by Crippen LogP contribution is 2.25. The van der Waals surface area contributed by atoms with Crippen LogP contribution >= 0.6 is 11.6 Å². The van der Waals surface area contributed by atoms with E-state index in [9.17, 15) is 14.4 Å². The van der Waals surface area contributed by atoms with E-state index in [4.69, 9.17) is 11.6 Å². The lowest BCUT2D eigenvalue weighted by molar-refractivity contribution is -0.124. The molecule has 1 aromatic carbocycles. The lowest BCUT2D eigenvalue weighted by Gasteiger charge is -2.16. The monoisotopic (exact) mass is 460 g/mol. The number of hydrogen-bond donors (Lipinski definition) is 4. The molecular weight excluding hydrogens is 432 g/mol. The van der Waals surface area contributed by atoms with Gasteiger partial charge in [-0.1, -0.05) is 11.6 Å². The Morgan fingerprint density at radius 1 is 0.844 bits per heavy atom. The molecule has 0 aliphatic carbocycles. The zero-order valence-electron chi connectivity index (χ0n) is 18.5. The van der Waals surface area contributed by atoms with Crippen molar-refractivity contribution < 1.29 is 14.4 Å². The van der Waals surface area contributed by atoms with Crippen LogP contribution in [0.2, 0.25) is 5.02 Å². The van der Waals surface area contributed by atoms with Crippen LogP contribution in [0.4, 0.5) is 11.6 Å². The molecule has 32 heavy (non-hydrogen) atoms. The van der Waals surface area contributed by atoms with Crippen LogP contribution < -0.4 is 21.3 Å². The number of nitrogens with zero attached hydrogens (tertiary/aromatic N) is 2. The first-order valence-corrected chi connectivity index (χ1v) is 10.8. The van der Waals surface area contributed by atoms with E-state index in [1.54, 1.807) is 12.1 Å². The van der Waals surface area contributed by atoms with Crippen molar-refractivity contribution in [1.82, 2.24) is 20.6 Å². The van der Waals surface area contributed by atoms with Gasteiger partial charge in [0.1, 0.15) is 17.4 Å². The molecule has 2 aromatic rings. The maximum atomic E-state index is 11.8. The predicted molar refractivity (Wildman–Crippen MR) is 126 cm³/mol. The fourth-order valence-electron chi connectivity index (χ4n) is 2.77. The fourth-order valence-corrected chi connectivity index (χ4v) is 2.90. The average molecular weight is 461 g/mol. The lowest BCUT2D eigenvalue weighted by atomic mass is 10.2. The van der Waals surface area contributed by atoms with Gasteiger partial charge < -0.3 is 26.1 Å². The molecule has 0 aliphatic heterocycles. The third-order valence-electron chi connectivity index (χ3n) is 4.48. The zero-order valence-corrected chi connectivity index (χ0v) is 19.3. The van der Waals surface area contributed by atoms with E-state index >= 15 is 0 Å². The van der Waals surface area contributed by atoms with Gasteiger partial charge in [0, 0.05) is 62.1 Å². The van der Waals surface area contributed by atoms with Crippen molar-refractivity contribution in [3.8, 4) is 11.4 Å². The summed E-state index contributed by atoms with van der Waals surface area (Å²) in [4.78, 5) is 43.1. The molecular formula is C22H29ClN6O3. The number of rotatable bonds is 12. The van der Waals surface area contributed by atoms with Crippen molar-refractivity contribution in [3.63, 3.8) is 0 Å². The number of aromatic nitrogens is 2. The number of anilines is 2. The Bertz CT molecular complexity index is 949. The molecule has 1 aromatic heterocycles. The first-order valence-electron chi connectivity index (χ1n) is 10.4. The van der Waals surface area contributed by atoms with Crippen molar-refractivity contribution >= 4 is 40.8 Å². The number of carbonyl (C=O) groups excluding carboxylic acids is 3. The Balaban J connectivity index is 2.09. The Morgan fingerprint density at radius 3 is 1.94 bits per heavy atom. The minimum atomic E-state index is -0.163. The molecule has 0 fully saturated rings. The van der Waals surface area contributed by atoms with Gasteiger partial charge in [-0.3, -0.25) is 9.59 Å². The van der Waals surface area contributed by atoms with Gasteiger partial charge in [-0.05, 0) is 38.1 Å². The van der Waals surface area contributed by atoms with Crippen LogP contribution in [-0.4, -0.2) is 53.7 Å². The minimum Gasteiger partial charge on any atom is -0.368 e. The first-order chi connectivity index (χ1) is 15.3. The number of halogens is 1. The second-order valence-corrected chi connectivity index (χ2v) is 7.70. The highest BCUT2D eigenvalue weighted by molar-refractivity contribution is 6.30. The quantitative estimate of drug-likeness (QED) is 0.358. The minimum absolute atomic E-state index is 0.0110. The SMILES string of the molecule is CC(=O)CCC(=O)NCCNc1nc(-c2ccc(Cl)cc2)nc(NCCNC(C)=O)c1C. The van der Waals surface area contributed by atoms with Gasteiger partial charge >= 0.3 is 0 Å². The van der Waals surface area contributed by atoms with Crippen molar-refractivity contribution in [1.29, 1.82) is 0 Å². The zero-order chi connectivity index (χ0) is 23.5. The summed E-state index contributed by atoms with van der Waals surface area (Å²) in [5.74, 6) is 1.52. The largest absolute Gasteiger partial charge is 0.368 e. The molecule has 4 N–H and O–H groups in total. The molecule has 0 spiro atoms. The molecule has 0 aliphatic rings. The maximum Gasteiger partial charge on any atom is 0.220 e. The number of carbonyl (C=O) groups is 3. The third kappa shape index (κ3) is 8.50. The van der Waals surface area contributed by atoms with Crippen LogP contribution in [0, 0.1) is 6.92 Å². The van der Waals surface area contributed by atoms with Gasteiger partial charge in [-0.2, -0.15) is 0 Å². The van der Waals surface area contributed by atoms with Crippen molar-refractivity contribution in [2.45, 2.75) is 33.6 Å². The Morgan fingerprint density at radius 2 is 1.41 bits per heavy atom. The van der Waals surface area contributed by atoms with Crippen LogP contribution in [0.15, 0.2) is 24.3 Å². The molecule has 2 rings (SSSR count). The Hall–Kier alpha value is -3.20. The number of amides is 2. The average Bonchev–Trinajstić information content (AvgIpc) is 2.75. The molecule has 9 nitrogen and oxygen atoms in total. The van der Waals surface area contributed by atoms with Crippen LogP contribution in [0.5, 0.6) is 0 Å². The standard InChI is InChI=1S/C22H29ClN6O3/c1-14(30)4-9-19(32)25-11-13-27-21-15(2)20(26-12-10-24-16(3)31)28-22(29-21)17-5-7-18(23)8-6-17/h5-8H,4,9-13H2,1-3H3,(H,24,31)(H,25,32)(H2,26,27,28,29). The summed E-state index contributed by atoms with van der Waals surface area (Å²) in [5.41, 5.74) is 1.62. The molecule has 0 radical (unpaired) electrons. The van der Waals surface area contributed by atoms with Gasteiger partial charge in [-0.15, -0.1) is 0 Å². The normalized spacial score (nSPS) is 10.4. The van der Waals surface area contributed by atoms with Crippen molar-refractivity contribution in [3.05, 3.63) is 34.9 Å². The highest BCUT2D eigenvalue weighted by Gasteiger charge is 2.13. The van der Waals surface area contributed by atoms with Crippen LogP contribution in [0.25, 0.3) is 11.4 Å². The van der Waals surface area contributed by atoms with Crippen LogP contribution in [0.3, 0.4) is 0 Å². The third-order valence-corrected chi connectivity index (χ3v) is 4.74. The van der Waals surface area contributed by atoms with Crippen LogP contribution in [0.1, 0.15) is 32.3 Å². The summed E-state index contributed by atoms with van der Waals surface area (Å²) in [7, 11) is 0. The number of Topliss-reactive ketones (excluding diaryl/α,β-unsaturated/α-hetero) is 1. The van der Waals surface area contributed by atoms with Gasteiger partial charge in [0.05, 0.1) is 0 Å². The highest BCUT2D eigenvalue weighted by atomic mass is 35.5. The summed E-state index contributed by atoms with van der Waals surface area (Å²) in [5, 5.41) is 12.6. The number of nitrogens with one attached hydrogen (secondary N) is 4. The van der Waals surface area contributed by atoms with Gasteiger partial charge in [-0.25, -0.2) is 9.97 Å². The summed E-state index contributed by atoms with van der Waals surface area (Å²) in [6, 6.07) is 7.22. The second-order valence-electron chi connectivity index (χ2n) is 7.26. The van der Waals surface area contributed by atoms with Crippen LogP contribution in [-0.2, 0) is 14.4 Å². The number of ketones is 1. The molecule has 0 atom stereocenters. The molecule has 172 valence electrons. The molecule has 0 bridgehead atoms. The summed E-state index contributed by atoms with van der Waals surface area (Å²) < 4.78 is 0. The van der Waals surface area contributed by atoms with Gasteiger partial charge in [0.15, 0.2) is 5.82 Å². The topological polar surface area (TPSA) is 125 Å². The predicted octanol–water partition coefficient (Wildman–Crippen LogP) is 2.55. The molecule has 2 amide bonds. The Kier molecular flexibility index (Phi) is 9.87. The maximum absolute atomic E-state index is 11.8. The van der Waals surface area contributed by atoms with E-state index in [2.05, 4.69) is 31.2 Å². The lowest BCUT2D eigenvalue weighted by Crippen LogP contribution is -2.29. The second kappa shape index (κ2) is 12.6. The summed E-state index contributed by atoms with van der Waals surface area (Å²) in [6.45, 7) is 6.63. The fraction of sp³-hybridized carbons (Fsp3) is 0.409. The number of hydrogen-bond acceptors (Lipinski definition) is 7. The Labute approximate surface area is 192 Å². The van der Waals surface area contributed by atoms with E-state index in [0.29, 0.717) is 48.7 Å². The summed E-state index contributed by atoms with van der Waals surface area (Å²) >= 11 is 5.99. The first kappa shape index (κ1) is 25.1. The molecule has 1 heterocycles. The van der Waals surface area contributed by atoms with E-state index < -0.39 is 0 Å². The molecule has 0 unspecified atom stereocenters. The van der Waals surface area contributed by atoms with Gasteiger partial charge in [0.25, 0.3) is 0 Å². The molecule has 10 heteroatoms. The molecule has 0 saturated carbocycles. The summed E-state index contributed by atoms with van der Waals surface area (Å²) in [6.07, 6.45) is 0.424. The van der Waals surface area contributed by atoms with Crippen molar-refractivity contribution in [2.24, 2.45) is 0 Å². The van der Waals surface area contributed by atoms with E-state index in [1.165, 1.54) is 13.8 Å².